The van der Waals surface area contributed by atoms with Crippen LogP contribution in [0.5, 0.6) is 0 Å². The monoisotopic (exact) mass is 559 g/mol. The van der Waals surface area contributed by atoms with Crippen molar-refractivity contribution in [2.75, 3.05) is 56.6 Å². The maximum atomic E-state index is 10.6. The lowest BCUT2D eigenvalue weighted by atomic mass is 9.98. The number of aliphatic carboxylic acids is 1. The third-order valence-electron chi connectivity index (χ3n) is 7.33. The maximum Gasteiger partial charge on any atom is 0.490 e. The first kappa shape index (κ1) is 28.4. The van der Waals surface area contributed by atoms with E-state index in [-0.39, 0.29) is 0 Å². The van der Waals surface area contributed by atoms with Gasteiger partial charge in [0.2, 0.25) is 11.9 Å². The van der Waals surface area contributed by atoms with Gasteiger partial charge in [0.15, 0.2) is 0 Å². The van der Waals surface area contributed by atoms with Crippen LogP contribution >= 0.6 is 11.6 Å². The molecule has 3 aliphatic rings. The minimum Gasteiger partial charge on any atom is -0.475 e. The first-order chi connectivity index (χ1) is 18.1. The number of benzene rings is 1. The minimum atomic E-state index is -5.08. The van der Waals surface area contributed by atoms with E-state index in [0.717, 1.165) is 76.2 Å². The number of morpholine rings is 1. The van der Waals surface area contributed by atoms with Crippen molar-refractivity contribution >= 4 is 29.5 Å². The number of alkyl halides is 3. The van der Waals surface area contributed by atoms with Crippen molar-refractivity contribution in [2.45, 2.75) is 50.0 Å². The van der Waals surface area contributed by atoms with E-state index in [4.69, 9.17) is 32.0 Å². The van der Waals surface area contributed by atoms with E-state index in [1.165, 1.54) is 12.0 Å². The number of halogens is 4. The van der Waals surface area contributed by atoms with Gasteiger partial charge in [0, 0.05) is 55.9 Å². The lowest BCUT2D eigenvalue weighted by molar-refractivity contribution is -0.192. The molecule has 3 fully saturated rings. The van der Waals surface area contributed by atoms with E-state index in [9.17, 15) is 13.2 Å². The second-order valence-corrected chi connectivity index (χ2v) is 10.2. The molecule has 10 nitrogen and oxygen atoms in total. The number of likely N-dealkylation sites (tertiary alicyclic amines) is 1. The molecule has 0 bridgehead atoms. The number of aromatic amines is 1. The number of carboxylic acids is 1. The minimum absolute atomic E-state index is 0.382. The van der Waals surface area contributed by atoms with Gasteiger partial charge < -0.3 is 20.5 Å². The van der Waals surface area contributed by atoms with Crippen molar-refractivity contribution in [1.82, 2.24) is 25.0 Å². The van der Waals surface area contributed by atoms with E-state index in [0.29, 0.717) is 24.1 Å². The number of carbonyl (C=O) groups is 1. The normalized spacial score (nSPS) is 23.7. The molecule has 0 saturated carbocycles. The molecule has 3 aliphatic heterocycles. The highest BCUT2D eigenvalue weighted by Crippen LogP contribution is 2.32. The predicted octanol–water partition coefficient (Wildman–Crippen LogP) is 2.66. The molecule has 5 rings (SSSR count). The van der Waals surface area contributed by atoms with Crippen LogP contribution in [-0.2, 0) is 16.0 Å². The number of nitrogens with zero attached hydrogens (tertiary/aromatic N) is 5. The third-order valence-corrected chi connectivity index (χ3v) is 7.58. The molecule has 0 radical (unpaired) electrons. The second kappa shape index (κ2) is 12.5. The Bertz CT molecular complexity index is 1040. The molecular weight excluding hydrogens is 527 g/mol. The fraction of sp³-hybridized carbons (Fsp3) is 0.625. The summed E-state index contributed by atoms with van der Waals surface area (Å²) in [6.45, 7) is 6.90. The smallest absolute Gasteiger partial charge is 0.475 e. The Labute approximate surface area is 223 Å². The van der Waals surface area contributed by atoms with Crippen molar-refractivity contribution in [1.29, 1.82) is 0 Å². The van der Waals surface area contributed by atoms with Gasteiger partial charge in [-0.1, -0.05) is 23.7 Å². The zero-order valence-corrected chi connectivity index (χ0v) is 21.7. The Morgan fingerprint density at radius 3 is 2.32 bits per heavy atom. The summed E-state index contributed by atoms with van der Waals surface area (Å²) in [5.41, 5.74) is 7.08. The average molecular weight is 560 g/mol. The highest BCUT2D eigenvalue weighted by molar-refractivity contribution is 6.30. The lowest BCUT2D eigenvalue weighted by Gasteiger charge is -2.39. The molecule has 210 valence electrons. The number of anilines is 2. The summed E-state index contributed by atoms with van der Waals surface area (Å²) < 4.78 is 37.3. The molecule has 4 N–H and O–H groups in total. The van der Waals surface area contributed by atoms with Gasteiger partial charge in [-0.05, 0) is 43.4 Å². The van der Waals surface area contributed by atoms with E-state index >= 15 is 0 Å². The van der Waals surface area contributed by atoms with Crippen molar-refractivity contribution in [2.24, 2.45) is 0 Å². The Kier molecular flexibility index (Phi) is 9.34. The van der Waals surface area contributed by atoms with Crippen LogP contribution in [0, 0.1) is 0 Å². The predicted molar refractivity (Wildman–Crippen MR) is 136 cm³/mol. The number of nitrogen functional groups attached to an aromatic ring is 1. The van der Waals surface area contributed by atoms with Gasteiger partial charge in [0.25, 0.3) is 0 Å². The van der Waals surface area contributed by atoms with Crippen molar-refractivity contribution in [3.8, 4) is 0 Å². The lowest BCUT2D eigenvalue weighted by Crippen LogP contribution is -2.49. The summed E-state index contributed by atoms with van der Waals surface area (Å²) in [5.74, 6) is -1.65. The fourth-order valence-electron chi connectivity index (χ4n) is 5.47. The Morgan fingerprint density at radius 1 is 1.13 bits per heavy atom. The van der Waals surface area contributed by atoms with Gasteiger partial charge in [0.05, 0.1) is 13.2 Å². The number of piperidine rings is 1. The average Bonchev–Trinajstić information content (AvgIpc) is 3.52. The second-order valence-electron chi connectivity index (χ2n) is 9.76. The number of rotatable bonds is 5. The van der Waals surface area contributed by atoms with Crippen LogP contribution < -0.4 is 10.6 Å². The molecule has 2 aromatic rings. The summed E-state index contributed by atoms with van der Waals surface area (Å²) in [7, 11) is 0. The molecule has 4 heterocycles. The highest BCUT2D eigenvalue weighted by Gasteiger charge is 2.40. The van der Waals surface area contributed by atoms with Crippen LogP contribution in [0.1, 0.15) is 24.8 Å². The van der Waals surface area contributed by atoms with Gasteiger partial charge in [-0.15, -0.1) is 5.10 Å². The standard InChI is InChI=1S/C22H32ClN7O.C2HF3O2/c23-17-3-1-16(2-4-17)13-19-14-20(28-9-11-31-12-10-28)15-30(19)18-5-7-29(8-6-18)22-25-21(24)26-27-22;3-2(4,5)1(6)7/h1-4,18-20H,5-15H2,(H3,24,25,26,27);(H,6,7)/t19-,20+;/m0./s1. The van der Waals surface area contributed by atoms with Crippen LogP contribution in [0.4, 0.5) is 25.1 Å². The quantitative estimate of drug-likeness (QED) is 0.507. The van der Waals surface area contributed by atoms with E-state index in [1.54, 1.807) is 0 Å². The number of nitrogens with two attached hydrogens (primary N) is 1. The molecule has 0 aliphatic carbocycles. The summed E-state index contributed by atoms with van der Waals surface area (Å²) in [4.78, 5) is 20.9. The molecule has 0 spiro atoms. The number of hydrogen-bond acceptors (Lipinski definition) is 8. The topological polar surface area (TPSA) is 124 Å². The van der Waals surface area contributed by atoms with Crippen LogP contribution in [0.25, 0.3) is 0 Å². The van der Waals surface area contributed by atoms with Crippen molar-refractivity contribution < 1.29 is 27.8 Å². The first-order valence-corrected chi connectivity index (χ1v) is 13.0. The number of nitrogens with one attached hydrogen (secondary N) is 1. The molecule has 38 heavy (non-hydrogen) atoms. The number of ether oxygens (including phenoxy) is 1. The zero-order chi connectivity index (χ0) is 27.3. The van der Waals surface area contributed by atoms with E-state index < -0.39 is 12.1 Å². The van der Waals surface area contributed by atoms with Gasteiger partial charge >= 0.3 is 12.1 Å². The molecule has 0 unspecified atom stereocenters. The molecule has 0 amide bonds. The third kappa shape index (κ3) is 7.49. The van der Waals surface area contributed by atoms with E-state index in [1.807, 2.05) is 12.1 Å². The number of carboxylic acid groups (broad SMARTS) is 1. The maximum absolute atomic E-state index is 10.6. The number of H-pyrrole nitrogens is 1. The largest absolute Gasteiger partial charge is 0.490 e. The Balaban J connectivity index is 0.000000426. The van der Waals surface area contributed by atoms with Crippen LogP contribution in [0.3, 0.4) is 0 Å². The molecule has 14 heteroatoms. The van der Waals surface area contributed by atoms with E-state index in [2.05, 4.69) is 42.0 Å². The number of hydrogen-bond donors (Lipinski definition) is 3. The first-order valence-electron chi connectivity index (χ1n) is 12.6. The molecule has 1 aromatic carbocycles. The summed E-state index contributed by atoms with van der Waals surface area (Å²) in [5, 5.41) is 14.9. The van der Waals surface area contributed by atoms with Crippen molar-refractivity contribution in [3.05, 3.63) is 34.9 Å². The fourth-order valence-corrected chi connectivity index (χ4v) is 5.59. The summed E-state index contributed by atoms with van der Waals surface area (Å²) in [6.07, 6.45) is -0.529. The highest BCUT2D eigenvalue weighted by atomic mass is 35.5. The van der Waals surface area contributed by atoms with Gasteiger partial charge in [0.1, 0.15) is 0 Å². The van der Waals surface area contributed by atoms with Crippen LogP contribution in [-0.4, -0.2) is 106 Å². The summed E-state index contributed by atoms with van der Waals surface area (Å²) in [6, 6.07) is 10.2. The SMILES string of the molecule is Nc1nc(N2CCC(N3C[C@H](N4CCOCC4)C[C@@H]3Cc3ccc(Cl)cc3)CC2)n[nH]1.O=C(O)C(F)(F)F. The van der Waals surface area contributed by atoms with Crippen molar-refractivity contribution in [3.63, 3.8) is 0 Å². The molecular formula is C24H33ClF3N7O3. The Morgan fingerprint density at radius 2 is 1.76 bits per heavy atom. The van der Waals surface area contributed by atoms with Gasteiger partial charge in [-0.2, -0.15) is 18.2 Å². The molecule has 3 saturated heterocycles. The number of aromatic nitrogens is 3. The van der Waals surface area contributed by atoms with Crippen LogP contribution in [0.2, 0.25) is 5.02 Å². The van der Waals surface area contributed by atoms with Gasteiger partial charge in [-0.3, -0.25) is 9.80 Å². The van der Waals surface area contributed by atoms with Crippen LogP contribution in [0.15, 0.2) is 24.3 Å². The molecule has 1 aromatic heterocycles. The Hall–Kier alpha value is -2.61. The molecule has 2 atom stereocenters. The summed E-state index contributed by atoms with van der Waals surface area (Å²) >= 11 is 6.12. The zero-order valence-electron chi connectivity index (χ0n) is 20.9. The van der Waals surface area contributed by atoms with Gasteiger partial charge in [-0.25, -0.2) is 9.89 Å².